The van der Waals surface area contributed by atoms with E-state index >= 15 is 17.6 Å². The summed E-state index contributed by atoms with van der Waals surface area (Å²) in [5.74, 6) is -7.29. The molecule has 3 atom stereocenters. The van der Waals surface area contributed by atoms with Gasteiger partial charge in [-0.15, -0.1) is 9.24 Å². The maximum atomic E-state index is 16.1. The van der Waals surface area contributed by atoms with Gasteiger partial charge in [0.05, 0.1) is 45.9 Å². The Morgan fingerprint density at radius 2 is 1.08 bits per heavy atom. The third kappa shape index (κ3) is 5.03. The van der Waals surface area contributed by atoms with Crippen molar-refractivity contribution in [3.63, 3.8) is 0 Å². The third-order valence-electron chi connectivity index (χ3n) is 9.42. The molecule has 3 aromatic rings. The van der Waals surface area contributed by atoms with Crippen LogP contribution in [0.3, 0.4) is 0 Å². The van der Waals surface area contributed by atoms with Crippen molar-refractivity contribution in [2.24, 2.45) is 5.92 Å². The number of nitriles is 6. The van der Waals surface area contributed by atoms with Crippen LogP contribution in [0.5, 0.6) is 0 Å². The van der Waals surface area contributed by atoms with E-state index in [1.807, 2.05) is 24.3 Å². The molecular weight excluding hydrogens is 628 g/mol. The van der Waals surface area contributed by atoms with Crippen molar-refractivity contribution in [1.82, 2.24) is 0 Å². The Morgan fingerprint density at radius 1 is 0.604 bits per heavy atom. The van der Waals surface area contributed by atoms with Gasteiger partial charge in [0.1, 0.15) is 83.0 Å². The highest BCUT2D eigenvalue weighted by Crippen LogP contribution is 2.59. The van der Waals surface area contributed by atoms with E-state index in [1.165, 1.54) is 39.2 Å². The van der Waals surface area contributed by atoms with E-state index in [2.05, 4.69) is 15.3 Å². The zero-order chi connectivity index (χ0) is 36.1. The highest BCUT2D eigenvalue weighted by molar-refractivity contribution is 7.28. The van der Waals surface area contributed by atoms with Crippen molar-refractivity contribution in [3.8, 4) is 36.4 Å². The second-order valence-electron chi connectivity index (χ2n) is 11.6. The number of hydrogen-bond donors (Lipinski definition) is 0. The minimum absolute atomic E-state index is 0.0193. The topological polar surface area (TPSA) is 143 Å². The van der Waals surface area contributed by atoms with Gasteiger partial charge in [0.25, 0.3) is 0 Å². The molecule has 4 rings (SSSR count). The molecule has 1 saturated carbocycles. The molecule has 0 radical (unpaired) electrons. The Balaban J connectivity index is 2.27. The predicted octanol–water partition coefficient (Wildman–Crippen LogP) is -4.59. The number of rotatable bonds is 4. The Bertz CT molecular complexity index is 2170. The summed E-state index contributed by atoms with van der Waals surface area (Å²) in [6, 6.07) is 11.4. The van der Waals surface area contributed by atoms with Gasteiger partial charge in [-0.2, -0.15) is 31.6 Å². The molecule has 17 heteroatoms. The zero-order valence-corrected chi connectivity index (χ0v) is 28.1. The third-order valence-corrected chi connectivity index (χ3v) is 10.1. The Kier molecular flexibility index (Phi) is 9.62. The molecule has 224 valence electrons. The second-order valence-corrected chi connectivity index (χ2v) is 12.1. The molecule has 0 bridgehead atoms. The number of nitrogens with zero attached hydrogens (tertiary/aromatic N) is 6. The summed E-state index contributed by atoms with van der Waals surface area (Å²) in [7, 11) is 10.9. The minimum Gasteiger partial charge on any atom is -0.207 e. The van der Waals surface area contributed by atoms with Crippen LogP contribution in [-0.2, 0) is 0 Å². The highest BCUT2D eigenvalue weighted by Gasteiger charge is 2.51. The molecule has 48 heavy (non-hydrogen) atoms. The molecular formula is C31H19B6F4N6P. The van der Waals surface area contributed by atoms with Crippen molar-refractivity contribution in [2.75, 3.05) is 0 Å². The number of halogens is 4. The number of allylic oxidation sites excluding steroid dienone is 4. The van der Waals surface area contributed by atoms with Crippen LogP contribution >= 0.6 is 9.24 Å². The van der Waals surface area contributed by atoms with Crippen molar-refractivity contribution in [1.29, 1.82) is 31.6 Å². The zero-order valence-electron chi connectivity index (χ0n) is 26.9. The molecule has 0 aliphatic heterocycles. The lowest BCUT2D eigenvalue weighted by molar-refractivity contribution is 0.506. The Hall–Kier alpha value is -5.38. The van der Waals surface area contributed by atoms with Gasteiger partial charge in [-0.05, 0) is 45.4 Å². The normalized spacial score (nSPS) is 15.9. The van der Waals surface area contributed by atoms with Gasteiger partial charge in [-0.3, -0.25) is 0 Å². The summed E-state index contributed by atoms with van der Waals surface area (Å²) in [5.41, 5.74) is -1.07. The van der Waals surface area contributed by atoms with Crippen molar-refractivity contribution in [2.45, 2.75) is 12.8 Å². The van der Waals surface area contributed by atoms with Crippen LogP contribution in [0.1, 0.15) is 44.9 Å². The first kappa shape index (κ1) is 35.5. The van der Waals surface area contributed by atoms with Crippen LogP contribution in [-0.4, -0.2) is 47.1 Å². The summed E-state index contributed by atoms with van der Waals surface area (Å²) in [4.78, 5) is 0. The monoisotopic (exact) mass is 648 g/mol. The molecule has 6 nitrogen and oxygen atoms in total. The van der Waals surface area contributed by atoms with Gasteiger partial charge in [0.15, 0.2) is 11.6 Å². The first-order valence-electron chi connectivity index (χ1n) is 14.4. The smallest absolute Gasteiger partial charge is 0.176 e. The number of benzene rings is 3. The SMILES string of the molecule is Bc1c(F)c(/C(C#N)=C2\C(=C(/C#N)c3c(B)c(B)c(C#N)c(F)c3F)C2C(C#N)c2c(B)c(B)c(C#N)c(F)c2B)c(P)c(C)c1C#N. The summed E-state index contributed by atoms with van der Waals surface area (Å²) in [6.45, 7) is 1.56. The second kappa shape index (κ2) is 13.0. The van der Waals surface area contributed by atoms with E-state index in [4.69, 9.17) is 0 Å². The Morgan fingerprint density at radius 3 is 1.56 bits per heavy atom. The number of hydrogen-bond acceptors (Lipinski definition) is 6. The van der Waals surface area contributed by atoms with Crippen molar-refractivity contribution >= 4 is 106 Å². The summed E-state index contributed by atoms with van der Waals surface area (Å²) >= 11 is 0. The molecule has 0 N–H and O–H groups in total. The Labute approximate surface area is 282 Å². The van der Waals surface area contributed by atoms with Gasteiger partial charge in [0.2, 0.25) is 0 Å². The van der Waals surface area contributed by atoms with E-state index in [0.717, 1.165) is 0 Å². The molecule has 3 unspecified atom stereocenters. The van der Waals surface area contributed by atoms with E-state index in [0.29, 0.717) is 11.0 Å². The summed E-state index contributed by atoms with van der Waals surface area (Å²) in [5, 5.41) is 60.5. The standard InChI is InChI=1S/C31H19B6F4N6P/c1-8-9(2-42)23(34)29(40)20(31(8)48)12(5-45)17-15(10(3-43)18-24(35)21(32)13(6-46)27(38)26(18)37)16(17)11(4-44)19-25(36)22(33)14(7-47)28(39)30(19)41/h10,15H,32-37,48H2,1H3/b16-11+,17-12-. The largest absolute Gasteiger partial charge is 0.207 e. The first-order chi connectivity index (χ1) is 22.6. The van der Waals surface area contributed by atoms with Crippen molar-refractivity contribution < 1.29 is 17.6 Å². The first-order valence-corrected chi connectivity index (χ1v) is 15.0. The van der Waals surface area contributed by atoms with E-state index in [1.54, 1.807) is 20.8 Å². The van der Waals surface area contributed by atoms with Gasteiger partial charge in [-0.1, -0.05) is 21.9 Å². The maximum absolute atomic E-state index is 16.1. The predicted molar refractivity (Wildman–Crippen MR) is 193 cm³/mol. The van der Waals surface area contributed by atoms with Gasteiger partial charge >= 0.3 is 0 Å². The lowest BCUT2D eigenvalue weighted by Crippen LogP contribution is -2.41. The van der Waals surface area contributed by atoms with Crippen LogP contribution in [0.4, 0.5) is 17.6 Å². The molecule has 0 saturated heterocycles. The molecule has 0 amide bonds. The molecule has 0 aromatic heterocycles. The summed E-state index contributed by atoms with van der Waals surface area (Å²) in [6.07, 6.45) is 0. The minimum atomic E-state index is -1.49. The van der Waals surface area contributed by atoms with Crippen LogP contribution in [0.15, 0.2) is 11.1 Å². The lowest BCUT2D eigenvalue weighted by Gasteiger charge is -2.20. The quantitative estimate of drug-likeness (QED) is 0.121. The van der Waals surface area contributed by atoms with Crippen LogP contribution in [0, 0.1) is 104 Å². The average molecular weight is 647 g/mol. The van der Waals surface area contributed by atoms with Gasteiger partial charge in [0, 0.05) is 17.0 Å². The van der Waals surface area contributed by atoms with Crippen LogP contribution in [0.2, 0.25) is 0 Å². The molecule has 1 fully saturated rings. The fraction of sp³-hybridized carbons (Fsp3) is 0.0968. The van der Waals surface area contributed by atoms with Crippen molar-refractivity contribution in [3.05, 3.63) is 73.4 Å². The maximum Gasteiger partial charge on any atom is 0.176 e. The molecule has 1 aliphatic carbocycles. The molecule has 3 aromatic carbocycles. The fourth-order valence-electron chi connectivity index (χ4n) is 6.49. The lowest BCUT2D eigenvalue weighted by atomic mass is 9.67. The molecule has 0 spiro atoms. The van der Waals surface area contributed by atoms with Crippen LogP contribution in [0.25, 0.3) is 11.1 Å². The molecule has 1 aliphatic rings. The molecule has 0 heterocycles. The van der Waals surface area contributed by atoms with Gasteiger partial charge < -0.3 is 0 Å². The van der Waals surface area contributed by atoms with Gasteiger partial charge in [-0.25, -0.2) is 17.6 Å². The van der Waals surface area contributed by atoms with E-state index in [-0.39, 0.29) is 71.6 Å². The average Bonchev–Trinajstić information content (AvgIpc) is 3.78. The van der Waals surface area contributed by atoms with E-state index < -0.39 is 51.8 Å². The van der Waals surface area contributed by atoms with E-state index in [9.17, 15) is 31.6 Å². The summed E-state index contributed by atoms with van der Waals surface area (Å²) < 4.78 is 62.6. The fourth-order valence-corrected chi connectivity index (χ4v) is 6.90. The highest BCUT2D eigenvalue weighted by atomic mass is 31.0. The van der Waals surface area contributed by atoms with Crippen LogP contribution < -0.4 is 38.1 Å².